The molecule has 2 rings (SSSR count). The Hall–Kier alpha value is -1.98. The van der Waals surface area contributed by atoms with Gasteiger partial charge in [0.05, 0.1) is 0 Å². The second-order valence-corrected chi connectivity index (χ2v) is 9.16. The minimum Gasteiger partial charge on any atom is -0.352 e. The number of aryl methyl sites for hydroxylation is 1. The number of nitrogens with zero attached hydrogens (tertiary/aromatic N) is 1. The van der Waals surface area contributed by atoms with Gasteiger partial charge in [-0.05, 0) is 57.0 Å². The Balaban J connectivity index is 2.06. The van der Waals surface area contributed by atoms with Crippen molar-refractivity contribution in [3.05, 3.63) is 64.7 Å². The van der Waals surface area contributed by atoms with Crippen LogP contribution in [0.1, 0.15) is 44.7 Å². The van der Waals surface area contributed by atoms with Crippen LogP contribution in [0.15, 0.2) is 53.4 Å². The van der Waals surface area contributed by atoms with Gasteiger partial charge in [-0.15, -0.1) is 11.8 Å². The molecule has 0 unspecified atom stereocenters. The van der Waals surface area contributed by atoms with E-state index in [1.807, 2.05) is 69.3 Å². The Bertz CT molecular complexity index is 824. The molecule has 0 aliphatic heterocycles. The fourth-order valence-corrected chi connectivity index (χ4v) is 3.84. The molecule has 0 saturated heterocycles. The highest BCUT2D eigenvalue weighted by Crippen LogP contribution is 2.22. The van der Waals surface area contributed by atoms with Gasteiger partial charge in [0, 0.05) is 34.7 Å². The highest BCUT2D eigenvalue weighted by atomic mass is 35.5. The zero-order valence-corrected chi connectivity index (χ0v) is 19.7. The van der Waals surface area contributed by atoms with Crippen molar-refractivity contribution in [1.29, 1.82) is 0 Å². The lowest BCUT2D eigenvalue weighted by Crippen LogP contribution is -2.49. The molecular weight excluding hydrogens is 416 g/mol. The first-order chi connectivity index (χ1) is 14.3. The molecule has 0 spiro atoms. The maximum absolute atomic E-state index is 13.1. The highest BCUT2D eigenvalue weighted by molar-refractivity contribution is 7.99. The minimum atomic E-state index is -0.534. The Morgan fingerprint density at radius 1 is 1.07 bits per heavy atom. The van der Waals surface area contributed by atoms with Crippen LogP contribution in [0.5, 0.6) is 0 Å². The van der Waals surface area contributed by atoms with E-state index in [0.717, 1.165) is 16.9 Å². The summed E-state index contributed by atoms with van der Waals surface area (Å²) in [6.45, 7) is 8.25. The van der Waals surface area contributed by atoms with Crippen molar-refractivity contribution in [2.24, 2.45) is 0 Å². The standard InChI is InChI=1S/C24H31ClN2O2S/c1-5-18(3)26-24(29)19(4)27(16-20-8-6-17(2)7-9-20)23(28)14-15-30-22-12-10-21(25)11-13-22/h6-13,18-19H,5,14-16H2,1-4H3,(H,26,29)/t18-,19+/m0/s1. The minimum absolute atomic E-state index is 0.0242. The Kier molecular flexibility index (Phi) is 9.73. The van der Waals surface area contributed by atoms with E-state index in [2.05, 4.69) is 5.32 Å². The van der Waals surface area contributed by atoms with Crippen molar-refractivity contribution in [2.75, 3.05) is 5.75 Å². The second kappa shape index (κ2) is 12.0. The topological polar surface area (TPSA) is 49.4 Å². The van der Waals surface area contributed by atoms with Gasteiger partial charge in [-0.25, -0.2) is 0 Å². The van der Waals surface area contributed by atoms with Crippen molar-refractivity contribution >= 4 is 35.2 Å². The van der Waals surface area contributed by atoms with Gasteiger partial charge < -0.3 is 10.2 Å². The third-order valence-electron chi connectivity index (χ3n) is 5.04. The van der Waals surface area contributed by atoms with E-state index >= 15 is 0 Å². The Morgan fingerprint density at radius 3 is 2.30 bits per heavy atom. The lowest BCUT2D eigenvalue weighted by atomic mass is 10.1. The van der Waals surface area contributed by atoms with E-state index < -0.39 is 6.04 Å². The van der Waals surface area contributed by atoms with Gasteiger partial charge in [-0.2, -0.15) is 0 Å². The van der Waals surface area contributed by atoms with E-state index in [4.69, 9.17) is 11.6 Å². The molecular formula is C24H31ClN2O2S. The zero-order chi connectivity index (χ0) is 22.1. The summed E-state index contributed by atoms with van der Waals surface area (Å²) < 4.78 is 0. The average Bonchev–Trinajstić information content (AvgIpc) is 2.74. The maximum Gasteiger partial charge on any atom is 0.242 e. The van der Waals surface area contributed by atoms with Gasteiger partial charge in [-0.1, -0.05) is 48.4 Å². The van der Waals surface area contributed by atoms with Crippen molar-refractivity contribution in [1.82, 2.24) is 10.2 Å². The van der Waals surface area contributed by atoms with Gasteiger partial charge in [0.2, 0.25) is 11.8 Å². The molecule has 2 amide bonds. The lowest BCUT2D eigenvalue weighted by molar-refractivity contribution is -0.140. The lowest BCUT2D eigenvalue weighted by Gasteiger charge is -2.29. The third kappa shape index (κ3) is 7.69. The van der Waals surface area contributed by atoms with E-state index in [-0.39, 0.29) is 17.9 Å². The predicted molar refractivity (Wildman–Crippen MR) is 126 cm³/mol. The van der Waals surface area contributed by atoms with Crippen molar-refractivity contribution in [2.45, 2.75) is 64.1 Å². The predicted octanol–water partition coefficient (Wildman–Crippen LogP) is 5.46. The number of hydrogen-bond donors (Lipinski definition) is 1. The van der Waals surface area contributed by atoms with Crippen LogP contribution in [0.3, 0.4) is 0 Å². The molecule has 0 aliphatic rings. The Morgan fingerprint density at radius 2 is 1.70 bits per heavy atom. The quantitative estimate of drug-likeness (QED) is 0.493. The number of thioether (sulfide) groups is 1. The molecule has 0 saturated carbocycles. The van der Waals surface area contributed by atoms with E-state index in [0.29, 0.717) is 23.7 Å². The van der Waals surface area contributed by atoms with E-state index in [9.17, 15) is 9.59 Å². The summed E-state index contributed by atoms with van der Waals surface area (Å²) in [6.07, 6.45) is 1.21. The van der Waals surface area contributed by atoms with Crippen LogP contribution in [0.2, 0.25) is 5.02 Å². The fraction of sp³-hybridized carbons (Fsp3) is 0.417. The molecule has 0 aliphatic carbocycles. The van der Waals surface area contributed by atoms with Gasteiger partial charge in [0.15, 0.2) is 0 Å². The van der Waals surface area contributed by atoms with Crippen molar-refractivity contribution in [3.63, 3.8) is 0 Å². The number of nitrogens with one attached hydrogen (secondary N) is 1. The van der Waals surface area contributed by atoms with Gasteiger partial charge in [0.1, 0.15) is 6.04 Å². The first-order valence-electron chi connectivity index (χ1n) is 10.3. The molecule has 4 nitrogen and oxygen atoms in total. The van der Waals surface area contributed by atoms with Crippen LogP contribution < -0.4 is 5.32 Å². The average molecular weight is 447 g/mol. The Labute approximate surface area is 189 Å². The second-order valence-electron chi connectivity index (χ2n) is 7.55. The van der Waals surface area contributed by atoms with E-state index in [1.54, 1.807) is 23.6 Å². The SMILES string of the molecule is CC[C@H](C)NC(=O)[C@@H](C)N(Cc1ccc(C)cc1)C(=O)CCSc1ccc(Cl)cc1. The first kappa shape index (κ1) is 24.3. The number of hydrogen-bond acceptors (Lipinski definition) is 3. The number of carbonyl (C=O) groups is 2. The van der Waals surface area contributed by atoms with Crippen LogP contribution >= 0.6 is 23.4 Å². The molecule has 0 heterocycles. The zero-order valence-electron chi connectivity index (χ0n) is 18.2. The number of carbonyl (C=O) groups excluding carboxylic acids is 2. The molecule has 0 aromatic heterocycles. The molecule has 1 N–H and O–H groups in total. The molecule has 162 valence electrons. The molecule has 6 heteroatoms. The summed E-state index contributed by atoms with van der Waals surface area (Å²) in [5.41, 5.74) is 2.18. The van der Waals surface area contributed by atoms with Crippen LogP contribution in [0, 0.1) is 6.92 Å². The van der Waals surface area contributed by atoms with Crippen LogP contribution in [0.25, 0.3) is 0 Å². The van der Waals surface area contributed by atoms with Gasteiger partial charge in [0.25, 0.3) is 0 Å². The first-order valence-corrected chi connectivity index (χ1v) is 11.7. The molecule has 2 atom stereocenters. The number of amides is 2. The molecule has 0 radical (unpaired) electrons. The van der Waals surface area contributed by atoms with E-state index in [1.165, 1.54) is 5.56 Å². The summed E-state index contributed by atoms with van der Waals surface area (Å²) in [6, 6.07) is 15.2. The number of benzene rings is 2. The van der Waals surface area contributed by atoms with Crippen molar-refractivity contribution in [3.8, 4) is 0 Å². The van der Waals surface area contributed by atoms with Gasteiger partial charge >= 0.3 is 0 Å². The monoisotopic (exact) mass is 446 g/mol. The molecule has 2 aromatic carbocycles. The fourth-order valence-electron chi connectivity index (χ4n) is 2.87. The summed E-state index contributed by atoms with van der Waals surface area (Å²) in [5.74, 6) is 0.504. The number of rotatable bonds is 10. The summed E-state index contributed by atoms with van der Waals surface area (Å²) in [7, 11) is 0. The molecule has 0 bridgehead atoms. The molecule has 0 fully saturated rings. The number of halogens is 1. The highest BCUT2D eigenvalue weighted by Gasteiger charge is 2.26. The molecule has 30 heavy (non-hydrogen) atoms. The largest absolute Gasteiger partial charge is 0.352 e. The van der Waals surface area contributed by atoms with Crippen molar-refractivity contribution < 1.29 is 9.59 Å². The summed E-state index contributed by atoms with van der Waals surface area (Å²) in [4.78, 5) is 28.5. The van der Waals surface area contributed by atoms with Crippen LogP contribution in [0.4, 0.5) is 0 Å². The third-order valence-corrected chi connectivity index (χ3v) is 6.31. The molecule has 2 aromatic rings. The van der Waals surface area contributed by atoms with Crippen LogP contribution in [-0.2, 0) is 16.1 Å². The maximum atomic E-state index is 13.1. The van der Waals surface area contributed by atoms with Crippen LogP contribution in [-0.4, -0.2) is 34.6 Å². The normalized spacial score (nSPS) is 12.8. The summed E-state index contributed by atoms with van der Waals surface area (Å²) in [5, 5.41) is 3.69. The van der Waals surface area contributed by atoms with Gasteiger partial charge in [-0.3, -0.25) is 9.59 Å². The smallest absolute Gasteiger partial charge is 0.242 e. The summed E-state index contributed by atoms with van der Waals surface area (Å²) >= 11 is 7.54.